The van der Waals surface area contributed by atoms with Crippen LogP contribution in [0, 0.1) is 26.7 Å². The van der Waals surface area contributed by atoms with Gasteiger partial charge in [0.25, 0.3) is 0 Å². The van der Waals surface area contributed by atoms with Crippen LogP contribution in [0.15, 0.2) is 12.1 Å². The van der Waals surface area contributed by atoms with E-state index in [-0.39, 0.29) is 23.9 Å². The molecule has 1 aromatic carbocycles. The topological polar surface area (TPSA) is 61.4 Å². The van der Waals surface area contributed by atoms with E-state index in [4.69, 9.17) is 0 Å². The molecule has 2 atom stereocenters. The van der Waals surface area contributed by atoms with Gasteiger partial charge in [-0.3, -0.25) is 4.79 Å². The fraction of sp³-hybridized carbons (Fsp3) is 0.600. The second-order valence-corrected chi connectivity index (χ2v) is 7.56. The minimum absolute atomic E-state index is 0.00317. The predicted molar refractivity (Wildman–Crippen MR) is 98.4 cm³/mol. The molecule has 25 heavy (non-hydrogen) atoms. The van der Waals surface area contributed by atoms with Gasteiger partial charge in [0.15, 0.2) is 0 Å². The monoisotopic (exact) mass is 343 g/mol. The first-order valence-electron chi connectivity index (χ1n) is 9.33. The van der Waals surface area contributed by atoms with Crippen LogP contribution >= 0.6 is 0 Å². The summed E-state index contributed by atoms with van der Waals surface area (Å²) in [4.78, 5) is 26.3. The minimum atomic E-state index is 0.00317. The van der Waals surface area contributed by atoms with E-state index >= 15 is 0 Å². The molecule has 2 heterocycles. The zero-order valence-electron chi connectivity index (χ0n) is 15.5. The van der Waals surface area contributed by atoms with Crippen molar-refractivity contribution in [3.63, 3.8) is 0 Å². The van der Waals surface area contributed by atoms with Gasteiger partial charge in [-0.25, -0.2) is 4.79 Å². The van der Waals surface area contributed by atoms with Crippen LogP contribution in [0.2, 0.25) is 0 Å². The third-order valence-electron chi connectivity index (χ3n) is 5.62. The Hall–Kier alpha value is -2.04. The van der Waals surface area contributed by atoms with Crippen molar-refractivity contribution in [3.8, 4) is 0 Å². The van der Waals surface area contributed by atoms with Crippen molar-refractivity contribution in [1.29, 1.82) is 0 Å². The summed E-state index contributed by atoms with van der Waals surface area (Å²) < 4.78 is 0. The van der Waals surface area contributed by atoms with Crippen LogP contribution in [-0.2, 0) is 11.3 Å². The molecule has 5 heteroatoms. The van der Waals surface area contributed by atoms with E-state index < -0.39 is 0 Å². The Labute approximate surface area is 150 Å². The van der Waals surface area contributed by atoms with Crippen molar-refractivity contribution < 1.29 is 9.59 Å². The van der Waals surface area contributed by atoms with Crippen molar-refractivity contribution in [2.45, 2.75) is 59.0 Å². The fourth-order valence-corrected chi connectivity index (χ4v) is 4.35. The SMILES string of the molecule is Cc1cc(C)c(CNC(=O)N2CCCC[C@H]2[C@H]2CNC(=O)C2)c(C)c1. The number of hydrogen-bond donors (Lipinski definition) is 2. The van der Waals surface area contributed by atoms with Crippen LogP contribution < -0.4 is 10.6 Å². The Morgan fingerprint density at radius 2 is 1.96 bits per heavy atom. The first kappa shape index (κ1) is 17.8. The number of nitrogens with zero attached hydrogens (tertiary/aromatic N) is 1. The zero-order chi connectivity index (χ0) is 18.0. The molecule has 2 aliphatic rings. The van der Waals surface area contributed by atoms with E-state index in [9.17, 15) is 9.59 Å². The van der Waals surface area contributed by atoms with Crippen LogP contribution in [0.4, 0.5) is 4.79 Å². The van der Waals surface area contributed by atoms with Crippen LogP contribution in [0.3, 0.4) is 0 Å². The van der Waals surface area contributed by atoms with Gasteiger partial charge >= 0.3 is 6.03 Å². The normalized spacial score (nSPS) is 23.5. The number of likely N-dealkylation sites (tertiary alicyclic amines) is 1. The molecule has 5 nitrogen and oxygen atoms in total. The van der Waals surface area contributed by atoms with Crippen LogP contribution in [0.1, 0.15) is 47.9 Å². The van der Waals surface area contributed by atoms with Gasteiger partial charge in [-0.15, -0.1) is 0 Å². The Kier molecular flexibility index (Phi) is 5.30. The number of hydrogen-bond acceptors (Lipinski definition) is 2. The standard InChI is InChI=1S/C20H29N3O2/c1-13-8-14(2)17(15(3)9-13)12-22-20(25)23-7-5-4-6-18(23)16-10-19(24)21-11-16/h8-9,16,18H,4-7,10-12H2,1-3H3,(H,21,24)(H,22,25)/t16-,18+/m1/s1. The van der Waals surface area contributed by atoms with E-state index in [1.54, 1.807) is 0 Å². The van der Waals surface area contributed by atoms with Crippen molar-refractivity contribution >= 4 is 11.9 Å². The largest absolute Gasteiger partial charge is 0.356 e. The summed E-state index contributed by atoms with van der Waals surface area (Å²) in [6.45, 7) is 8.33. The van der Waals surface area contributed by atoms with Gasteiger partial charge < -0.3 is 15.5 Å². The van der Waals surface area contributed by atoms with Crippen molar-refractivity contribution in [3.05, 3.63) is 34.4 Å². The predicted octanol–water partition coefficient (Wildman–Crippen LogP) is 2.81. The number of carbonyl (C=O) groups is 2. The molecule has 2 saturated heterocycles. The van der Waals surface area contributed by atoms with Gasteiger partial charge in [0.2, 0.25) is 5.91 Å². The number of piperidine rings is 1. The van der Waals surface area contributed by atoms with E-state index in [1.807, 2.05) is 4.90 Å². The lowest BCUT2D eigenvalue weighted by Gasteiger charge is -2.38. The average Bonchev–Trinajstić information content (AvgIpc) is 3.00. The van der Waals surface area contributed by atoms with Gasteiger partial charge in [-0.05, 0) is 56.7 Å². The second kappa shape index (κ2) is 7.46. The first-order chi connectivity index (χ1) is 12.0. The summed E-state index contributed by atoms with van der Waals surface area (Å²) in [6, 6.07) is 4.50. The van der Waals surface area contributed by atoms with Crippen molar-refractivity contribution in [1.82, 2.24) is 15.5 Å². The molecule has 0 spiro atoms. The van der Waals surface area contributed by atoms with Crippen LogP contribution in [0.5, 0.6) is 0 Å². The lowest BCUT2D eigenvalue weighted by molar-refractivity contribution is -0.119. The maximum absolute atomic E-state index is 12.8. The molecule has 3 rings (SSSR count). The summed E-state index contributed by atoms with van der Waals surface area (Å²) in [7, 11) is 0. The zero-order valence-corrected chi connectivity index (χ0v) is 15.5. The lowest BCUT2D eigenvalue weighted by Crippen LogP contribution is -2.51. The molecular weight excluding hydrogens is 314 g/mol. The van der Waals surface area contributed by atoms with Gasteiger partial charge in [-0.1, -0.05) is 17.7 Å². The van der Waals surface area contributed by atoms with E-state index in [2.05, 4.69) is 43.5 Å². The third-order valence-corrected chi connectivity index (χ3v) is 5.62. The van der Waals surface area contributed by atoms with Crippen LogP contribution in [0.25, 0.3) is 0 Å². The molecule has 0 radical (unpaired) electrons. The molecule has 0 unspecified atom stereocenters. The molecule has 3 amide bonds. The molecule has 2 N–H and O–H groups in total. The van der Waals surface area contributed by atoms with Gasteiger partial charge in [-0.2, -0.15) is 0 Å². The summed E-state index contributed by atoms with van der Waals surface area (Å²) in [5.41, 5.74) is 4.89. The number of rotatable bonds is 3. The van der Waals surface area contributed by atoms with E-state index in [1.165, 1.54) is 22.3 Å². The first-order valence-corrected chi connectivity index (χ1v) is 9.33. The van der Waals surface area contributed by atoms with E-state index in [0.29, 0.717) is 19.5 Å². The number of aryl methyl sites for hydroxylation is 3. The van der Waals surface area contributed by atoms with Gasteiger partial charge in [0.1, 0.15) is 0 Å². The van der Waals surface area contributed by atoms with Crippen LogP contribution in [-0.4, -0.2) is 36.0 Å². The molecule has 1 aromatic rings. The number of benzene rings is 1. The van der Waals surface area contributed by atoms with Crippen molar-refractivity contribution in [2.24, 2.45) is 5.92 Å². The maximum Gasteiger partial charge on any atom is 0.317 e. The lowest BCUT2D eigenvalue weighted by atomic mass is 9.90. The minimum Gasteiger partial charge on any atom is -0.356 e. The summed E-state index contributed by atoms with van der Waals surface area (Å²) in [5.74, 6) is 0.364. The highest BCUT2D eigenvalue weighted by atomic mass is 16.2. The Bertz CT molecular complexity index is 648. The fourth-order valence-electron chi connectivity index (χ4n) is 4.35. The molecular formula is C20H29N3O2. The Morgan fingerprint density at radius 1 is 1.24 bits per heavy atom. The van der Waals surface area contributed by atoms with Crippen molar-refractivity contribution in [2.75, 3.05) is 13.1 Å². The molecule has 0 aromatic heterocycles. The number of urea groups is 1. The molecule has 2 aliphatic heterocycles. The molecule has 0 bridgehead atoms. The quantitative estimate of drug-likeness (QED) is 0.886. The molecule has 136 valence electrons. The number of nitrogens with one attached hydrogen (secondary N) is 2. The number of amides is 3. The Morgan fingerprint density at radius 3 is 2.60 bits per heavy atom. The smallest absolute Gasteiger partial charge is 0.317 e. The van der Waals surface area contributed by atoms with Gasteiger partial charge in [0.05, 0.1) is 0 Å². The number of carbonyl (C=O) groups excluding carboxylic acids is 2. The highest BCUT2D eigenvalue weighted by Gasteiger charge is 2.36. The molecule has 2 fully saturated rings. The molecule has 0 saturated carbocycles. The highest BCUT2D eigenvalue weighted by molar-refractivity contribution is 5.79. The molecule has 0 aliphatic carbocycles. The highest BCUT2D eigenvalue weighted by Crippen LogP contribution is 2.27. The average molecular weight is 343 g/mol. The summed E-state index contributed by atoms with van der Waals surface area (Å²) in [6.07, 6.45) is 3.72. The third kappa shape index (κ3) is 3.97. The summed E-state index contributed by atoms with van der Waals surface area (Å²) >= 11 is 0. The van der Waals surface area contributed by atoms with E-state index in [0.717, 1.165) is 25.8 Å². The maximum atomic E-state index is 12.8. The second-order valence-electron chi connectivity index (χ2n) is 7.56. The Balaban J connectivity index is 1.66. The summed E-state index contributed by atoms with van der Waals surface area (Å²) in [5, 5.41) is 6.02. The van der Waals surface area contributed by atoms with Gasteiger partial charge in [0, 0.05) is 38.0 Å².